The van der Waals surface area contributed by atoms with Gasteiger partial charge in [-0.3, -0.25) is 29.9 Å². The van der Waals surface area contributed by atoms with Gasteiger partial charge >= 0.3 is 0 Å². The van der Waals surface area contributed by atoms with Crippen LogP contribution >= 0.6 is 0 Å². The van der Waals surface area contributed by atoms with Crippen LogP contribution in [0.3, 0.4) is 0 Å². The van der Waals surface area contributed by atoms with E-state index in [-0.39, 0.29) is 0 Å². The van der Waals surface area contributed by atoms with E-state index in [1.54, 1.807) is 86.8 Å². The van der Waals surface area contributed by atoms with Crippen molar-refractivity contribution in [2.75, 3.05) is 0 Å². The minimum Gasteiger partial charge on any atom is -0.265 e. The minimum atomic E-state index is 0.619. The van der Waals surface area contributed by atoms with E-state index in [4.69, 9.17) is 0 Å². The number of hydrogen-bond acceptors (Lipinski definition) is 26. The van der Waals surface area contributed by atoms with Gasteiger partial charge in [0.15, 0.2) is 23.3 Å². The van der Waals surface area contributed by atoms with Crippen LogP contribution in [-0.2, 0) is 0 Å². The van der Waals surface area contributed by atoms with Crippen LogP contribution in [-0.4, -0.2) is 130 Å². The van der Waals surface area contributed by atoms with Gasteiger partial charge in [-0.05, 0) is 152 Å². The first-order valence-corrected chi connectivity index (χ1v) is 32.3. The summed E-state index contributed by atoms with van der Waals surface area (Å²) in [7, 11) is 0. The van der Waals surface area contributed by atoms with Crippen molar-refractivity contribution >= 4 is 0 Å². The molecule has 0 N–H and O–H groups in total. The molecule has 0 saturated carbocycles. The number of rotatable bonds is 8. The fraction of sp³-hybridized carbons (Fsp3) is 0.103. The first kappa shape index (κ1) is 73.9. The average Bonchev–Trinajstić information content (AvgIpc) is 0.973. The third kappa shape index (κ3) is 25.2. The van der Waals surface area contributed by atoms with Gasteiger partial charge in [0.1, 0.15) is 77.6 Å². The molecule has 0 atom stereocenters. The quantitative estimate of drug-likeness (QED) is 0.136. The van der Waals surface area contributed by atoms with Gasteiger partial charge in [-0.15, -0.1) is 0 Å². The number of benzene rings is 2. The monoisotopic (exact) mass is 1370 g/mol. The summed E-state index contributed by atoms with van der Waals surface area (Å²) in [4.78, 5) is 106. The molecule has 0 saturated heterocycles. The molecule has 2 aromatic carbocycles. The van der Waals surface area contributed by atoms with Crippen LogP contribution in [0.25, 0.3) is 90.8 Å². The molecule has 26 heteroatoms. The number of aryl methyl sites for hydroxylation is 8. The predicted octanol–water partition coefficient (Wildman–Crippen LogP) is 13.6. The van der Waals surface area contributed by atoms with E-state index in [2.05, 4.69) is 130 Å². The molecule has 14 aromatic heterocycles. The van der Waals surface area contributed by atoms with Crippen molar-refractivity contribution in [3.8, 4) is 90.8 Å². The molecule has 0 radical (unpaired) electrons. The van der Waals surface area contributed by atoms with Crippen molar-refractivity contribution in [3.63, 3.8) is 0 Å². The van der Waals surface area contributed by atoms with Crippen LogP contribution in [0.15, 0.2) is 282 Å². The maximum atomic E-state index is 4.33. The van der Waals surface area contributed by atoms with Crippen LogP contribution in [0.1, 0.15) is 46.6 Å². The van der Waals surface area contributed by atoms with E-state index in [0.29, 0.717) is 29.1 Å². The van der Waals surface area contributed by atoms with Crippen molar-refractivity contribution in [2.45, 2.75) is 55.4 Å². The number of pyridine rings is 6. The molecule has 104 heavy (non-hydrogen) atoms. The topological polar surface area (TPSA) is 335 Å². The zero-order chi connectivity index (χ0) is 72.8. The Hall–Kier alpha value is -14.3. The van der Waals surface area contributed by atoms with Crippen molar-refractivity contribution in [1.82, 2.24) is 130 Å². The SMILES string of the molecule is Cc1nccc(-c2ccccc2)n1.Cc1nccc(-c2ccccn2)n1.Cc1nccc(-c2cccnc2)n1.Cc1nccc(-c2ccncc2)n1.Cc1ncnc(-c2ccccc2)n1.Cc1ncnc(-c2ccccn2)n1.Cc1ncnc(-c2cccnc2)n1.Cc1ncnc(-c2ccncc2)n1. The Labute approximate surface area is 601 Å². The Kier molecular flexibility index (Phi) is 28.8. The second kappa shape index (κ2) is 40.6. The largest absolute Gasteiger partial charge is 0.265 e. The third-order valence-electron chi connectivity index (χ3n) is 13.6. The van der Waals surface area contributed by atoms with Gasteiger partial charge in [-0.1, -0.05) is 72.8 Å². The second-order valence-corrected chi connectivity index (χ2v) is 21.5. The van der Waals surface area contributed by atoms with Gasteiger partial charge in [-0.2, -0.15) is 0 Å². The molecule has 16 rings (SSSR count). The van der Waals surface area contributed by atoms with Crippen LogP contribution in [0.5, 0.6) is 0 Å². The van der Waals surface area contributed by atoms with Gasteiger partial charge < -0.3 is 0 Å². The fourth-order valence-electron chi connectivity index (χ4n) is 8.74. The van der Waals surface area contributed by atoms with Crippen LogP contribution < -0.4 is 0 Å². The van der Waals surface area contributed by atoms with E-state index in [0.717, 1.165) is 108 Å². The van der Waals surface area contributed by atoms with Crippen LogP contribution in [0, 0.1) is 55.4 Å². The van der Waals surface area contributed by atoms with Crippen LogP contribution in [0.4, 0.5) is 0 Å². The Morgan fingerprint density at radius 3 is 0.885 bits per heavy atom. The molecule has 0 spiro atoms. The normalized spacial score (nSPS) is 9.92. The molecule has 0 aliphatic carbocycles. The lowest BCUT2D eigenvalue weighted by Gasteiger charge is -1.99. The molecule has 26 nitrogen and oxygen atoms in total. The molecule has 14 heterocycles. The third-order valence-corrected chi connectivity index (χ3v) is 13.6. The van der Waals surface area contributed by atoms with Gasteiger partial charge in [-0.25, -0.2) is 99.7 Å². The smallest absolute Gasteiger partial charge is 0.181 e. The van der Waals surface area contributed by atoms with E-state index in [1.165, 1.54) is 25.3 Å². The van der Waals surface area contributed by atoms with Crippen molar-refractivity contribution < 1.29 is 0 Å². The summed E-state index contributed by atoms with van der Waals surface area (Å²) in [5.74, 6) is 8.73. The molecule has 0 aliphatic heterocycles. The maximum Gasteiger partial charge on any atom is 0.181 e. The Morgan fingerprint density at radius 2 is 0.481 bits per heavy atom. The lowest BCUT2D eigenvalue weighted by molar-refractivity contribution is 0.974. The zero-order valence-corrected chi connectivity index (χ0v) is 58.2. The van der Waals surface area contributed by atoms with Gasteiger partial charge in [0, 0.05) is 120 Å². The van der Waals surface area contributed by atoms with Gasteiger partial charge in [0.05, 0.1) is 28.5 Å². The standard InChI is InChI=1S/C11H10N2.4C10H9N3.3C9H8N4/c1-9-12-8-7-11(13-9)10-5-3-2-4-6-10;1-8-12-7-4-10(13-8)9-2-5-11-6-3-9;1-8-12-6-4-10(13-8)9-3-2-5-11-7-9;1-8-11-7-5-10(13-8)9-4-2-3-6-12-9;1-8-11-7-12-10(13-8)9-5-3-2-4-6-9;1-7-11-6-12-9(13-7)8-2-4-10-5-3-8;1-7-11-6-12-9(13-7)8-3-2-4-10-5-8;1-7-11-6-12-9(13-7)8-4-2-3-5-10-8/h2-8H,1H3;4*2-7H,1H3;3*2-6H,1H3. The van der Waals surface area contributed by atoms with Crippen molar-refractivity contribution in [3.05, 3.63) is 329 Å². The minimum absolute atomic E-state index is 0.619. The van der Waals surface area contributed by atoms with E-state index in [9.17, 15) is 0 Å². The summed E-state index contributed by atoms with van der Waals surface area (Å²) in [6.07, 6.45) is 30.5. The highest BCUT2D eigenvalue weighted by atomic mass is 15.0. The first-order chi connectivity index (χ1) is 50.9. The molecule has 0 aliphatic rings. The highest BCUT2D eigenvalue weighted by molar-refractivity contribution is 5.60. The molecular weight excluding hydrogens is 1300 g/mol. The summed E-state index contributed by atoms with van der Waals surface area (Å²) in [6, 6.07) is 54.2. The molecule has 0 fully saturated rings. The summed E-state index contributed by atoms with van der Waals surface area (Å²) < 4.78 is 0. The lowest BCUT2D eigenvalue weighted by atomic mass is 10.1. The summed E-state index contributed by atoms with van der Waals surface area (Å²) in [5, 5.41) is 0. The Morgan fingerprint density at radius 1 is 0.163 bits per heavy atom. The maximum absolute atomic E-state index is 4.33. The average molecular weight is 1370 g/mol. The Bertz CT molecular complexity index is 4160. The lowest BCUT2D eigenvalue weighted by Crippen LogP contribution is -1.95. The number of aromatic nitrogens is 26. The van der Waals surface area contributed by atoms with Crippen LogP contribution in [0.2, 0.25) is 0 Å². The predicted molar refractivity (Wildman–Crippen MR) is 396 cm³/mol. The van der Waals surface area contributed by atoms with Gasteiger partial charge in [0.2, 0.25) is 0 Å². The first-order valence-electron chi connectivity index (χ1n) is 32.3. The fourth-order valence-corrected chi connectivity index (χ4v) is 8.74. The summed E-state index contributed by atoms with van der Waals surface area (Å²) >= 11 is 0. The van der Waals surface area contributed by atoms with Gasteiger partial charge in [0.25, 0.3) is 0 Å². The molecule has 0 amide bonds. The number of nitrogens with zero attached hydrogens (tertiary/aromatic N) is 26. The molecule has 16 aromatic rings. The second-order valence-electron chi connectivity index (χ2n) is 21.5. The molecular formula is C78H70N26. The van der Waals surface area contributed by atoms with Crippen molar-refractivity contribution in [2.24, 2.45) is 0 Å². The Balaban J connectivity index is 0.000000138. The molecule has 0 unspecified atom stereocenters. The van der Waals surface area contributed by atoms with E-state index >= 15 is 0 Å². The van der Waals surface area contributed by atoms with Crippen molar-refractivity contribution in [1.29, 1.82) is 0 Å². The highest BCUT2D eigenvalue weighted by Crippen LogP contribution is 2.19. The highest BCUT2D eigenvalue weighted by Gasteiger charge is 2.06. The van der Waals surface area contributed by atoms with E-state index < -0.39 is 0 Å². The summed E-state index contributed by atoms with van der Waals surface area (Å²) in [6.45, 7) is 14.9. The zero-order valence-electron chi connectivity index (χ0n) is 58.2. The van der Waals surface area contributed by atoms with E-state index in [1.807, 2.05) is 225 Å². The molecule has 0 bridgehead atoms. The summed E-state index contributed by atoms with van der Waals surface area (Å²) in [5.41, 5.74) is 11.5. The molecule has 512 valence electrons. The number of hydrogen-bond donors (Lipinski definition) is 0.